The largest absolute Gasteiger partial charge is 0.339 e. The van der Waals surface area contributed by atoms with Crippen molar-refractivity contribution >= 4 is 0 Å². The van der Waals surface area contributed by atoms with Crippen molar-refractivity contribution in [1.29, 1.82) is 0 Å². The molecular weight excluding hydrogens is 226 g/mol. The summed E-state index contributed by atoms with van der Waals surface area (Å²) in [5.41, 5.74) is 5.94. The molecule has 2 aliphatic carbocycles. The van der Waals surface area contributed by atoms with Crippen molar-refractivity contribution in [3.8, 4) is 0 Å². The Kier molecular flexibility index (Phi) is 3.64. The summed E-state index contributed by atoms with van der Waals surface area (Å²) in [5.74, 6) is 2.72. The van der Waals surface area contributed by atoms with Gasteiger partial charge in [0.2, 0.25) is 5.89 Å². The second-order valence-electron chi connectivity index (χ2n) is 5.95. The van der Waals surface area contributed by atoms with Crippen molar-refractivity contribution in [3.63, 3.8) is 0 Å². The van der Waals surface area contributed by atoms with Gasteiger partial charge in [-0.2, -0.15) is 4.98 Å². The zero-order valence-corrected chi connectivity index (χ0v) is 11.0. The first-order chi connectivity index (χ1) is 8.83. The molecule has 100 valence electrons. The first-order valence-electron chi connectivity index (χ1n) is 7.42. The van der Waals surface area contributed by atoms with E-state index in [-0.39, 0.29) is 0 Å². The van der Waals surface area contributed by atoms with Crippen molar-refractivity contribution in [3.05, 3.63) is 11.7 Å². The third-order valence-electron chi connectivity index (χ3n) is 4.50. The molecule has 2 atom stereocenters. The Hall–Kier alpha value is -0.900. The van der Waals surface area contributed by atoms with Crippen LogP contribution in [0.15, 0.2) is 4.52 Å². The molecule has 0 amide bonds. The predicted octanol–water partition coefficient (Wildman–Crippen LogP) is 3.10. The predicted molar refractivity (Wildman–Crippen MR) is 69.3 cm³/mol. The van der Waals surface area contributed by atoms with Gasteiger partial charge in [-0.1, -0.05) is 30.8 Å². The number of rotatable bonds is 2. The van der Waals surface area contributed by atoms with Crippen LogP contribution in [0.2, 0.25) is 0 Å². The molecule has 3 rings (SSSR count). The highest BCUT2D eigenvalue weighted by Gasteiger charge is 2.29. The first-order valence-corrected chi connectivity index (χ1v) is 7.42. The number of nitrogens with zero attached hydrogens (tertiary/aromatic N) is 2. The van der Waals surface area contributed by atoms with Crippen LogP contribution in [0.5, 0.6) is 0 Å². The van der Waals surface area contributed by atoms with E-state index in [4.69, 9.17) is 10.3 Å². The molecule has 1 heterocycles. The van der Waals surface area contributed by atoms with Gasteiger partial charge in [0, 0.05) is 17.9 Å². The summed E-state index contributed by atoms with van der Waals surface area (Å²) in [6.45, 7) is 0. The molecule has 1 aromatic heterocycles. The lowest BCUT2D eigenvalue weighted by Crippen LogP contribution is -2.14. The SMILES string of the molecule is NC1CCC(c2nc(C3CCCCCC3)no2)C1. The highest BCUT2D eigenvalue weighted by molar-refractivity contribution is 5.02. The summed E-state index contributed by atoms with van der Waals surface area (Å²) < 4.78 is 5.47. The van der Waals surface area contributed by atoms with Gasteiger partial charge in [-0.25, -0.2) is 0 Å². The first kappa shape index (κ1) is 12.2. The molecule has 2 N–H and O–H groups in total. The summed E-state index contributed by atoms with van der Waals surface area (Å²) in [6, 6.07) is 0.322. The smallest absolute Gasteiger partial charge is 0.229 e. The summed E-state index contributed by atoms with van der Waals surface area (Å²) in [7, 11) is 0. The van der Waals surface area contributed by atoms with E-state index in [0.717, 1.165) is 31.0 Å². The van der Waals surface area contributed by atoms with E-state index in [1.807, 2.05) is 0 Å². The lowest BCUT2D eigenvalue weighted by atomic mass is 10.00. The normalized spacial score (nSPS) is 30.5. The molecule has 0 spiro atoms. The second kappa shape index (κ2) is 5.39. The highest BCUT2D eigenvalue weighted by atomic mass is 16.5. The Morgan fingerprint density at radius 3 is 2.39 bits per heavy atom. The van der Waals surface area contributed by atoms with Crippen LogP contribution in [0.4, 0.5) is 0 Å². The van der Waals surface area contributed by atoms with Crippen molar-refractivity contribution in [2.24, 2.45) is 5.73 Å². The van der Waals surface area contributed by atoms with Crippen molar-refractivity contribution in [1.82, 2.24) is 10.1 Å². The van der Waals surface area contributed by atoms with E-state index in [1.165, 1.54) is 38.5 Å². The van der Waals surface area contributed by atoms with Crippen LogP contribution >= 0.6 is 0 Å². The molecule has 18 heavy (non-hydrogen) atoms. The minimum absolute atomic E-state index is 0.322. The van der Waals surface area contributed by atoms with Gasteiger partial charge in [-0.3, -0.25) is 0 Å². The molecule has 1 aromatic rings. The zero-order chi connectivity index (χ0) is 12.4. The number of hydrogen-bond acceptors (Lipinski definition) is 4. The number of aromatic nitrogens is 2. The second-order valence-corrected chi connectivity index (χ2v) is 5.95. The van der Waals surface area contributed by atoms with Gasteiger partial charge in [0.1, 0.15) is 0 Å². The molecule has 0 aromatic carbocycles. The fourth-order valence-corrected chi connectivity index (χ4v) is 3.36. The fourth-order valence-electron chi connectivity index (χ4n) is 3.36. The molecule has 2 unspecified atom stereocenters. The average molecular weight is 249 g/mol. The Morgan fingerprint density at radius 1 is 0.944 bits per heavy atom. The molecule has 0 saturated heterocycles. The van der Waals surface area contributed by atoms with Crippen LogP contribution in [0.25, 0.3) is 0 Å². The Balaban J connectivity index is 1.68. The maximum absolute atomic E-state index is 5.94. The van der Waals surface area contributed by atoms with E-state index in [9.17, 15) is 0 Å². The summed E-state index contributed by atoms with van der Waals surface area (Å²) >= 11 is 0. The van der Waals surface area contributed by atoms with Crippen LogP contribution in [0.1, 0.15) is 81.3 Å². The third-order valence-corrected chi connectivity index (χ3v) is 4.50. The maximum atomic E-state index is 5.94. The van der Waals surface area contributed by atoms with E-state index < -0.39 is 0 Å². The van der Waals surface area contributed by atoms with E-state index >= 15 is 0 Å². The standard InChI is InChI=1S/C14H23N3O/c15-12-8-7-11(9-12)14-16-13(17-18-14)10-5-3-1-2-4-6-10/h10-12H,1-9,15H2. The van der Waals surface area contributed by atoms with E-state index in [2.05, 4.69) is 10.1 Å². The van der Waals surface area contributed by atoms with Gasteiger partial charge < -0.3 is 10.3 Å². The maximum Gasteiger partial charge on any atom is 0.229 e. The number of hydrogen-bond donors (Lipinski definition) is 1. The Bertz CT molecular complexity index is 382. The molecule has 2 aliphatic rings. The van der Waals surface area contributed by atoms with Crippen LogP contribution in [0, 0.1) is 0 Å². The summed E-state index contributed by atoms with van der Waals surface area (Å²) in [6.07, 6.45) is 11.0. The average Bonchev–Trinajstić information content (AvgIpc) is 2.92. The quantitative estimate of drug-likeness (QED) is 0.818. The van der Waals surface area contributed by atoms with Gasteiger partial charge in [0.15, 0.2) is 5.82 Å². The zero-order valence-electron chi connectivity index (χ0n) is 11.0. The van der Waals surface area contributed by atoms with Crippen LogP contribution in [-0.2, 0) is 0 Å². The topological polar surface area (TPSA) is 64.9 Å². The Morgan fingerprint density at radius 2 is 1.72 bits per heavy atom. The van der Waals surface area contributed by atoms with E-state index in [0.29, 0.717) is 17.9 Å². The summed E-state index contributed by atoms with van der Waals surface area (Å²) in [4.78, 5) is 4.66. The van der Waals surface area contributed by atoms with Crippen LogP contribution in [-0.4, -0.2) is 16.2 Å². The summed E-state index contributed by atoms with van der Waals surface area (Å²) in [5, 5.41) is 4.22. The molecule has 2 saturated carbocycles. The van der Waals surface area contributed by atoms with Gasteiger partial charge in [0.25, 0.3) is 0 Å². The van der Waals surface area contributed by atoms with E-state index in [1.54, 1.807) is 0 Å². The van der Waals surface area contributed by atoms with Gasteiger partial charge >= 0.3 is 0 Å². The Labute approximate surface area is 108 Å². The molecule has 0 aliphatic heterocycles. The van der Waals surface area contributed by atoms with Crippen LogP contribution < -0.4 is 5.73 Å². The van der Waals surface area contributed by atoms with Crippen molar-refractivity contribution in [2.75, 3.05) is 0 Å². The lowest BCUT2D eigenvalue weighted by Gasteiger charge is -2.07. The molecule has 0 bridgehead atoms. The minimum Gasteiger partial charge on any atom is -0.339 e. The number of nitrogens with two attached hydrogens (primary N) is 1. The van der Waals surface area contributed by atoms with Crippen molar-refractivity contribution < 1.29 is 4.52 Å². The molecule has 2 fully saturated rings. The monoisotopic (exact) mass is 249 g/mol. The molecule has 0 radical (unpaired) electrons. The fraction of sp³-hybridized carbons (Fsp3) is 0.857. The van der Waals surface area contributed by atoms with Gasteiger partial charge in [-0.05, 0) is 32.1 Å². The van der Waals surface area contributed by atoms with Gasteiger partial charge in [-0.15, -0.1) is 0 Å². The molecule has 4 nitrogen and oxygen atoms in total. The third kappa shape index (κ3) is 2.58. The lowest BCUT2D eigenvalue weighted by molar-refractivity contribution is 0.345. The van der Waals surface area contributed by atoms with Crippen molar-refractivity contribution in [2.45, 2.75) is 75.7 Å². The highest BCUT2D eigenvalue weighted by Crippen LogP contribution is 2.35. The molecular formula is C14H23N3O. The minimum atomic E-state index is 0.322. The van der Waals surface area contributed by atoms with Gasteiger partial charge in [0.05, 0.1) is 0 Å². The molecule has 4 heteroatoms. The van der Waals surface area contributed by atoms with Crippen LogP contribution in [0.3, 0.4) is 0 Å².